The number of benzene rings is 2. The first-order valence-electron chi connectivity index (χ1n) is 9.59. The summed E-state index contributed by atoms with van der Waals surface area (Å²) in [6.07, 6.45) is 3.50. The van der Waals surface area contributed by atoms with Gasteiger partial charge in [0.2, 0.25) is 0 Å². The third kappa shape index (κ3) is 3.89. The zero-order valence-electron chi connectivity index (χ0n) is 16.3. The highest BCUT2D eigenvalue weighted by molar-refractivity contribution is 7.90. The van der Waals surface area contributed by atoms with Crippen molar-refractivity contribution in [3.05, 3.63) is 52.0 Å². The molecule has 1 N–H and O–H groups in total. The summed E-state index contributed by atoms with van der Waals surface area (Å²) in [6.45, 7) is 4.57. The third-order valence-electron chi connectivity index (χ3n) is 5.16. The Hall–Kier alpha value is -2.38. The third-order valence-corrected chi connectivity index (χ3v) is 6.81. The molecule has 0 saturated carbocycles. The van der Waals surface area contributed by atoms with Gasteiger partial charge in [-0.2, -0.15) is 8.42 Å². The van der Waals surface area contributed by atoms with E-state index in [0.29, 0.717) is 30.2 Å². The topological polar surface area (TPSA) is 78.8 Å². The van der Waals surface area contributed by atoms with Crippen molar-refractivity contribution in [2.24, 2.45) is 4.40 Å². The number of hydrogen-bond acceptors (Lipinski definition) is 4. The second-order valence-corrected chi connectivity index (χ2v) is 9.55. The second-order valence-electron chi connectivity index (χ2n) is 7.58. The summed E-state index contributed by atoms with van der Waals surface area (Å²) < 4.78 is 29.6. The zero-order chi connectivity index (χ0) is 20.8. The number of nitrogens with zero attached hydrogens (tertiary/aromatic N) is 2. The van der Waals surface area contributed by atoms with Crippen molar-refractivity contribution in [3.63, 3.8) is 0 Å². The molecule has 8 heteroatoms. The number of amidine groups is 1. The molecule has 0 unspecified atom stereocenters. The molecule has 2 aliphatic rings. The summed E-state index contributed by atoms with van der Waals surface area (Å²) in [5, 5.41) is 3.03. The van der Waals surface area contributed by atoms with Crippen LogP contribution in [0.5, 0.6) is 0 Å². The molecule has 29 heavy (non-hydrogen) atoms. The fraction of sp³-hybridized carbons (Fsp3) is 0.333. The molecule has 2 aromatic carbocycles. The molecule has 0 aliphatic carbocycles. The first-order valence-corrected chi connectivity index (χ1v) is 11.4. The highest BCUT2D eigenvalue weighted by Crippen LogP contribution is 2.38. The van der Waals surface area contributed by atoms with E-state index in [2.05, 4.69) is 9.71 Å². The van der Waals surface area contributed by atoms with Crippen molar-refractivity contribution in [2.75, 3.05) is 16.8 Å². The highest BCUT2D eigenvalue weighted by atomic mass is 35.5. The van der Waals surface area contributed by atoms with Gasteiger partial charge in [0, 0.05) is 18.7 Å². The summed E-state index contributed by atoms with van der Waals surface area (Å²) >= 11 is 6.43. The van der Waals surface area contributed by atoms with Crippen LogP contribution in [-0.2, 0) is 10.0 Å². The fourth-order valence-corrected chi connectivity index (χ4v) is 5.43. The maximum Gasteiger partial charge on any atom is 0.286 e. The smallest absolute Gasteiger partial charge is 0.286 e. The van der Waals surface area contributed by atoms with Crippen LogP contribution in [0.2, 0.25) is 5.02 Å². The van der Waals surface area contributed by atoms with E-state index in [4.69, 9.17) is 11.6 Å². The average Bonchev–Trinajstić information content (AvgIpc) is 2.85. The SMILES string of the molecule is Cc1cc(C)cc(NC(=O)c2cc3c(cc2Cl)N2CCCCCC2=NS3(=O)=O)c1. The van der Waals surface area contributed by atoms with Crippen LogP contribution >= 0.6 is 11.6 Å². The average molecular weight is 432 g/mol. The lowest BCUT2D eigenvalue weighted by atomic mass is 10.1. The largest absolute Gasteiger partial charge is 0.328 e. The first kappa shape index (κ1) is 19.9. The van der Waals surface area contributed by atoms with Gasteiger partial charge in [-0.05, 0) is 62.1 Å². The Bertz CT molecular complexity index is 1120. The van der Waals surface area contributed by atoms with E-state index >= 15 is 0 Å². The van der Waals surface area contributed by atoms with E-state index in [-0.39, 0.29) is 15.5 Å². The number of amides is 1. The molecule has 0 spiro atoms. The van der Waals surface area contributed by atoms with Gasteiger partial charge in [0.25, 0.3) is 15.9 Å². The summed E-state index contributed by atoms with van der Waals surface area (Å²) in [6, 6.07) is 8.62. The normalized spacial score (nSPS) is 17.6. The molecule has 1 saturated heterocycles. The minimum atomic E-state index is -3.88. The maximum atomic E-state index is 12.9. The van der Waals surface area contributed by atoms with Crippen LogP contribution in [0.15, 0.2) is 39.6 Å². The zero-order valence-corrected chi connectivity index (χ0v) is 17.9. The van der Waals surface area contributed by atoms with Gasteiger partial charge < -0.3 is 10.2 Å². The number of carbonyl (C=O) groups is 1. The maximum absolute atomic E-state index is 12.9. The molecular formula is C21H22ClN3O3S. The van der Waals surface area contributed by atoms with Crippen molar-refractivity contribution in [1.82, 2.24) is 0 Å². The number of nitrogens with one attached hydrogen (secondary N) is 1. The monoisotopic (exact) mass is 431 g/mol. The minimum Gasteiger partial charge on any atom is -0.328 e. The summed E-state index contributed by atoms with van der Waals surface area (Å²) in [7, 11) is -3.88. The number of hydrogen-bond donors (Lipinski definition) is 1. The number of sulfonamides is 1. The number of halogens is 1. The van der Waals surface area contributed by atoms with Gasteiger partial charge in [0.1, 0.15) is 10.7 Å². The molecule has 2 aliphatic heterocycles. The van der Waals surface area contributed by atoms with Gasteiger partial charge in [-0.15, -0.1) is 4.40 Å². The first-order chi connectivity index (χ1) is 13.7. The molecule has 0 bridgehead atoms. The number of carbonyl (C=O) groups excluding carboxylic acids is 1. The Morgan fingerprint density at radius 1 is 1.07 bits per heavy atom. The molecular weight excluding hydrogens is 410 g/mol. The molecule has 4 rings (SSSR count). The van der Waals surface area contributed by atoms with Crippen molar-refractivity contribution in [1.29, 1.82) is 0 Å². The lowest BCUT2D eigenvalue weighted by molar-refractivity contribution is 0.102. The Kier molecular flexibility index (Phi) is 5.12. The van der Waals surface area contributed by atoms with Crippen LogP contribution in [0.1, 0.15) is 47.2 Å². The van der Waals surface area contributed by atoms with Crippen molar-refractivity contribution in [3.8, 4) is 0 Å². The number of anilines is 2. The van der Waals surface area contributed by atoms with E-state index in [1.165, 1.54) is 6.07 Å². The van der Waals surface area contributed by atoms with Crippen molar-refractivity contribution in [2.45, 2.75) is 44.4 Å². The van der Waals surface area contributed by atoms with E-state index in [1.54, 1.807) is 6.07 Å². The van der Waals surface area contributed by atoms with Crippen LogP contribution in [0.25, 0.3) is 0 Å². The van der Waals surface area contributed by atoms with Crippen molar-refractivity contribution < 1.29 is 13.2 Å². The number of fused-ring (bicyclic) bond motifs is 3. The molecule has 0 aromatic heterocycles. The van der Waals surface area contributed by atoms with Gasteiger partial charge in [-0.3, -0.25) is 4.79 Å². The van der Waals surface area contributed by atoms with Crippen molar-refractivity contribution >= 4 is 44.7 Å². The van der Waals surface area contributed by atoms with E-state index in [0.717, 1.165) is 30.4 Å². The Balaban J connectivity index is 1.74. The Morgan fingerprint density at radius 3 is 2.52 bits per heavy atom. The molecule has 6 nitrogen and oxygen atoms in total. The van der Waals surface area contributed by atoms with Gasteiger partial charge in [0.05, 0.1) is 16.3 Å². The van der Waals surface area contributed by atoms with Crippen LogP contribution in [-0.4, -0.2) is 26.7 Å². The van der Waals surface area contributed by atoms with Crippen LogP contribution < -0.4 is 10.2 Å². The van der Waals surface area contributed by atoms with E-state index in [9.17, 15) is 13.2 Å². The van der Waals surface area contributed by atoms with Crippen LogP contribution in [0.3, 0.4) is 0 Å². The fourth-order valence-electron chi connectivity index (χ4n) is 3.92. The molecule has 152 valence electrons. The van der Waals surface area contributed by atoms with Crippen LogP contribution in [0, 0.1) is 13.8 Å². The quantitative estimate of drug-likeness (QED) is 0.748. The predicted molar refractivity (Wildman–Crippen MR) is 116 cm³/mol. The molecule has 0 radical (unpaired) electrons. The van der Waals surface area contributed by atoms with Crippen LogP contribution in [0.4, 0.5) is 11.4 Å². The number of rotatable bonds is 2. The molecule has 2 heterocycles. The number of aryl methyl sites for hydroxylation is 2. The van der Waals surface area contributed by atoms with E-state index in [1.807, 2.05) is 36.9 Å². The van der Waals surface area contributed by atoms with Gasteiger partial charge in [-0.1, -0.05) is 24.1 Å². The lowest BCUT2D eigenvalue weighted by Gasteiger charge is -2.30. The van der Waals surface area contributed by atoms with E-state index < -0.39 is 15.9 Å². The molecule has 0 atom stereocenters. The summed E-state index contributed by atoms with van der Waals surface area (Å²) in [4.78, 5) is 14.8. The van der Waals surface area contributed by atoms with Gasteiger partial charge >= 0.3 is 0 Å². The Labute approximate surface area is 175 Å². The lowest BCUT2D eigenvalue weighted by Crippen LogP contribution is -2.35. The molecule has 1 fully saturated rings. The second kappa shape index (κ2) is 7.46. The predicted octanol–water partition coefficient (Wildman–Crippen LogP) is 4.69. The Morgan fingerprint density at radius 2 is 1.79 bits per heavy atom. The summed E-state index contributed by atoms with van der Waals surface area (Å²) in [5.74, 6) is 0.0992. The highest BCUT2D eigenvalue weighted by Gasteiger charge is 2.33. The molecule has 1 amide bonds. The van der Waals surface area contributed by atoms with Gasteiger partial charge in [-0.25, -0.2) is 0 Å². The minimum absolute atomic E-state index is 0.0260. The summed E-state index contributed by atoms with van der Waals surface area (Å²) in [5.41, 5.74) is 3.29. The van der Waals surface area contributed by atoms with Gasteiger partial charge in [0.15, 0.2) is 0 Å². The standard InChI is InChI=1S/C21H22ClN3O3S/c1-13-8-14(2)10-15(9-13)23-21(26)16-11-19-18(12-17(16)22)25-7-5-3-4-6-20(25)24-29(19,27)28/h8-12H,3-7H2,1-2H3,(H,23,26). The molecule has 2 aromatic rings.